The molecule has 412 valence electrons. The van der Waals surface area contributed by atoms with Gasteiger partial charge in [0.05, 0.1) is 10.8 Å². The molecule has 0 fully saturated rings. The summed E-state index contributed by atoms with van der Waals surface area (Å²) in [6.45, 7) is 0. The third kappa shape index (κ3) is 7.26. The number of furan rings is 2. The van der Waals surface area contributed by atoms with Crippen molar-refractivity contribution >= 4 is 90.1 Å². The first-order valence-corrected chi connectivity index (χ1v) is 33.1. The number of hydrogen-bond acceptors (Lipinski definition) is 6. The van der Waals surface area contributed by atoms with Gasteiger partial charge in [-0.2, -0.15) is 0 Å². The van der Waals surface area contributed by atoms with Gasteiger partial charge in [0.1, 0.15) is 22.3 Å². The highest BCUT2D eigenvalue weighted by atomic mass is 32.2. The zero-order valence-corrected chi connectivity index (χ0v) is 50.4. The van der Waals surface area contributed by atoms with Crippen LogP contribution in [0.5, 0.6) is 0 Å². The molecule has 0 bridgehead atoms. The molecule has 12 aromatic carbocycles. The molecule has 2 spiro atoms. The van der Waals surface area contributed by atoms with Crippen LogP contribution in [0.3, 0.4) is 0 Å². The number of benzene rings is 12. The Morgan fingerprint density at radius 2 is 0.545 bits per heavy atom. The first kappa shape index (κ1) is 50.5. The Labute approximate surface area is 525 Å². The van der Waals surface area contributed by atoms with E-state index in [1.54, 1.807) is 0 Å². The van der Waals surface area contributed by atoms with Gasteiger partial charge < -0.3 is 8.83 Å². The third-order valence-corrected chi connectivity index (χ3v) is 23.6. The molecule has 1 aliphatic carbocycles. The average Bonchev–Trinajstić information content (AvgIpc) is 1.30. The van der Waals surface area contributed by atoms with Crippen LogP contribution in [0.1, 0.15) is 43.1 Å². The van der Waals surface area contributed by atoms with Crippen LogP contribution in [0, 0.1) is 0 Å². The van der Waals surface area contributed by atoms with Crippen molar-refractivity contribution in [3.8, 4) is 65.4 Å². The Balaban J connectivity index is 0.824. The fourth-order valence-electron chi connectivity index (χ4n) is 14.9. The Kier molecular flexibility index (Phi) is 11.1. The van der Waals surface area contributed by atoms with Crippen LogP contribution in [0.4, 0.5) is 0 Å². The van der Waals surface area contributed by atoms with Gasteiger partial charge in [0.25, 0.3) is 0 Å². The minimum atomic E-state index is -0.659. The molecule has 2 aliphatic heterocycles. The van der Waals surface area contributed by atoms with Gasteiger partial charge in [0.15, 0.2) is 0 Å². The molecule has 0 N–H and O–H groups in total. The minimum Gasteiger partial charge on any atom is -0.455 e. The zero-order chi connectivity index (χ0) is 57.7. The highest BCUT2D eigenvalue weighted by Crippen LogP contribution is 2.70. The molecule has 0 amide bonds. The quantitative estimate of drug-likeness (QED) is 0.166. The lowest BCUT2D eigenvalue weighted by Gasteiger charge is -2.51. The van der Waals surface area contributed by atoms with Crippen molar-refractivity contribution < 1.29 is 8.83 Å². The molecule has 0 saturated carbocycles. The number of fused-ring (bicyclic) bond motifs is 20. The van der Waals surface area contributed by atoms with E-state index < -0.39 is 10.8 Å². The topological polar surface area (TPSA) is 26.3 Å². The molecule has 6 heteroatoms. The molecule has 4 aromatic heterocycles. The normalized spacial score (nSPS) is 14.0. The van der Waals surface area contributed by atoms with E-state index in [4.69, 9.17) is 8.83 Å². The van der Waals surface area contributed by atoms with Crippen LogP contribution in [0.25, 0.3) is 109 Å². The van der Waals surface area contributed by atoms with E-state index >= 15 is 0 Å². The fraction of sp³-hybridized carbons (Fsp3) is 0.0244. The summed E-state index contributed by atoms with van der Waals surface area (Å²) in [7, 11) is 0. The van der Waals surface area contributed by atoms with Crippen molar-refractivity contribution in [1.29, 1.82) is 0 Å². The molecule has 2 nitrogen and oxygen atoms in total. The Morgan fingerprint density at radius 1 is 0.239 bits per heavy atom. The van der Waals surface area contributed by atoms with E-state index in [-0.39, 0.29) is 0 Å². The molecule has 0 unspecified atom stereocenters. The lowest BCUT2D eigenvalue weighted by molar-refractivity contribution is 0.609. The number of hydrogen-bond donors (Lipinski definition) is 0. The highest BCUT2D eigenvalue weighted by molar-refractivity contribution is 7.99. The van der Waals surface area contributed by atoms with Crippen molar-refractivity contribution in [2.75, 3.05) is 0 Å². The van der Waals surface area contributed by atoms with Crippen LogP contribution < -0.4 is 0 Å². The molecule has 0 saturated heterocycles. The smallest absolute Gasteiger partial charge is 0.143 e. The second-order valence-electron chi connectivity index (χ2n) is 23.3. The summed E-state index contributed by atoms with van der Waals surface area (Å²) < 4.78 is 13.2. The summed E-state index contributed by atoms with van der Waals surface area (Å²) >= 11 is 7.78. The van der Waals surface area contributed by atoms with Crippen molar-refractivity contribution in [3.63, 3.8) is 0 Å². The first-order valence-electron chi connectivity index (χ1n) is 29.8. The molecule has 88 heavy (non-hydrogen) atoms. The summed E-state index contributed by atoms with van der Waals surface area (Å²) in [4.78, 5) is 10.4. The fourth-order valence-corrected chi connectivity index (χ4v) is 20.1. The van der Waals surface area contributed by atoms with Gasteiger partial charge in [0, 0.05) is 71.8 Å². The van der Waals surface area contributed by atoms with Crippen molar-refractivity contribution in [2.45, 2.75) is 30.4 Å². The molecule has 0 radical (unpaired) electrons. The third-order valence-electron chi connectivity index (χ3n) is 18.7. The Bertz CT molecular complexity index is 5090. The summed E-state index contributed by atoms with van der Waals surface area (Å²) in [6.07, 6.45) is 0. The second-order valence-corrected chi connectivity index (χ2v) is 27.6. The van der Waals surface area contributed by atoms with Gasteiger partial charge in [-0.3, -0.25) is 0 Å². The average molecular weight is 1190 g/mol. The van der Waals surface area contributed by atoms with E-state index in [1.165, 1.54) is 94.7 Å². The van der Waals surface area contributed by atoms with Gasteiger partial charge in [-0.1, -0.05) is 242 Å². The summed E-state index contributed by atoms with van der Waals surface area (Å²) in [5.41, 5.74) is 21.8. The Morgan fingerprint density at radius 3 is 0.943 bits per heavy atom. The van der Waals surface area contributed by atoms with Crippen LogP contribution >= 0.6 is 46.2 Å². The highest BCUT2D eigenvalue weighted by Gasteiger charge is 2.60. The molecule has 0 atom stereocenters. The van der Waals surface area contributed by atoms with Gasteiger partial charge in [-0.25, -0.2) is 0 Å². The SMILES string of the molecule is c1cc(-c2cccc(-c3cccc4c3oc3ccccc34)c2)cc(-c2cc3c(s2)C2(c4ccccc4Sc4ccccc42)c2cc(-c4cccc(-c5cccc(-c6cccc7c6oc6ccccc67)c5)c4)sc2C32c3ccccc3Sc3ccccc32)c1. The lowest BCUT2D eigenvalue weighted by atomic mass is 9.55. The maximum Gasteiger partial charge on any atom is 0.143 e. The van der Waals surface area contributed by atoms with E-state index in [9.17, 15) is 0 Å². The van der Waals surface area contributed by atoms with Crippen LogP contribution in [0.2, 0.25) is 0 Å². The van der Waals surface area contributed by atoms with E-state index in [1.807, 2.05) is 58.3 Å². The Hall–Kier alpha value is -9.66. The van der Waals surface area contributed by atoms with Crippen molar-refractivity contribution in [1.82, 2.24) is 0 Å². The van der Waals surface area contributed by atoms with Gasteiger partial charge in [-0.05, 0) is 151 Å². The predicted molar refractivity (Wildman–Crippen MR) is 368 cm³/mol. The van der Waals surface area contributed by atoms with E-state index in [0.717, 1.165) is 77.3 Å². The summed E-state index contributed by atoms with van der Waals surface area (Å²) in [5.74, 6) is 0. The molecule has 3 aliphatic rings. The standard InChI is InChI=1S/C82H48O2S4/c1-7-37-69-59(27-1)61-31-17-29-57(77(61)83-69)53-23-13-19-49(43-53)51-21-15-25-55(45-51)75-47-67-79(87-75)82(65-35-5-11-41-73(65)86-74-42-12-6-36-66(74)82)68-48-76(88-80(68)81(67)63-33-3-9-39-71(63)85-72-40-10-4-34-64(72)81)56-26-16-22-52(46-56)50-20-14-24-54(44-50)58-30-18-32-62-60-28-2-8-38-70(60)84-78(58)62/h1-48H. The molecule has 19 rings (SSSR count). The zero-order valence-electron chi connectivity index (χ0n) is 47.2. The molecular weight excluding hydrogens is 1150 g/mol. The monoisotopic (exact) mass is 1190 g/mol. The van der Waals surface area contributed by atoms with Crippen LogP contribution in [-0.2, 0) is 10.8 Å². The maximum atomic E-state index is 6.58. The lowest BCUT2D eigenvalue weighted by Crippen LogP contribution is -2.45. The van der Waals surface area contributed by atoms with Crippen LogP contribution in [-0.4, -0.2) is 0 Å². The first-order chi connectivity index (χ1) is 43.6. The second kappa shape index (κ2) is 19.4. The number of thiophene rings is 2. The number of para-hydroxylation sites is 4. The van der Waals surface area contributed by atoms with Crippen molar-refractivity contribution in [2.24, 2.45) is 0 Å². The molecule has 6 heterocycles. The maximum absolute atomic E-state index is 6.58. The number of rotatable bonds is 6. The molecule has 16 aromatic rings. The van der Waals surface area contributed by atoms with Crippen LogP contribution in [0.15, 0.2) is 320 Å². The molecular formula is C82H48O2S4. The van der Waals surface area contributed by atoms with Gasteiger partial charge in [0.2, 0.25) is 0 Å². The summed E-state index contributed by atoms with van der Waals surface area (Å²) in [6, 6.07) is 108. The predicted octanol–water partition coefficient (Wildman–Crippen LogP) is 23.6. The van der Waals surface area contributed by atoms with E-state index in [0.29, 0.717) is 0 Å². The largest absolute Gasteiger partial charge is 0.455 e. The van der Waals surface area contributed by atoms with E-state index in [2.05, 4.69) is 279 Å². The van der Waals surface area contributed by atoms with Crippen molar-refractivity contribution in [3.05, 3.63) is 334 Å². The minimum absolute atomic E-state index is 0.659. The van der Waals surface area contributed by atoms with Gasteiger partial charge >= 0.3 is 0 Å². The van der Waals surface area contributed by atoms with Gasteiger partial charge in [-0.15, -0.1) is 22.7 Å². The summed E-state index contributed by atoms with van der Waals surface area (Å²) in [5, 5.41) is 4.54.